The number of rotatable bonds is 1. The summed E-state index contributed by atoms with van der Waals surface area (Å²) in [5, 5.41) is 0. The number of hydrogen-bond donors (Lipinski definition) is 0. The Bertz CT molecular complexity index is 982. The monoisotopic (exact) mass is 302 g/mol. The number of allylic oxidation sites excluding steroid dienone is 1. The van der Waals surface area contributed by atoms with Gasteiger partial charge in [-0.1, -0.05) is 30.3 Å². The van der Waals surface area contributed by atoms with Gasteiger partial charge in [0.05, 0.1) is 5.69 Å². The minimum absolute atomic E-state index is 0.0704. The number of pyridine rings is 1. The summed E-state index contributed by atoms with van der Waals surface area (Å²) in [7, 11) is 0. The Balaban J connectivity index is 1.95. The van der Waals surface area contributed by atoms with Crippen molar-refractivity contribution < 1.29 is 0 Å². The average molecular weight is 302 g/mol. The summed E-state index contributed by atoms with van der Waals surface area (Å²) in [6.07, 6.45) is 6.77. The largest absolute Gasteiger partial charge is 0.269 e. The highest BCUT2D eigenvalue weighted by Crippen LogP contribution is 2.30. The van der Waals surface area contributed by atoms with E-state index in [1.165, 1.54) is 16.7 Å². The summed E-state index contributed by atoms with van der Waals surface area (Å²) in [6, 6.07) is 14.0. The summed E-state index contributed by atoms with van der Waals surface area (Å²) in [5.74, 6) is 0. The molecule has 0 spiro atoms. The van der Waals surface area contributed by atoms with Crippen LogP contribution in [-0.2, 0) is 6.42 Å². The Labute approximate surface area is 134 Å². The molecule has 4 rings (SSSR count). The molecule has 1 aromatic carbocycles. The summed E-state index contributed by atoms with van der Waals surface area (Å²) in [4.78, 5) is 17.5. The van der Waals surface area contributed by atoms with Crippen LogP contribution < -0.4 is 5.56 Å². The molecule has 0 bridgehead atoms. The van der Waals surface area contributed by atoms with Gasteiger partial charge in [-0.2, -0.15) is 0 Å². The first-order chi connectivity index (χ1) is 11.2. The third-order valence-corrected chi connectivity index (χ3v) is 4.52. The van der Waals surface area contributed by atoms with Gasteiger partial charge in [0.1, 0.15) is 5.65 Å². The fourth-order valence-corrected chi connectivity index (χ4v) is 3.27. The quantitative estimate of drug-likeness (QED) is 0.683. The Morgan fingerprint density at radius 2 is 1.91 bits per heavy atom. The van der Waals surface area contributed by atoms with Crippen molar-refractivity contribution in [2.24, 2.45) is 0 Å². The number of nitrogens with zero attached hydrogens (tertiary/aromatic N) is 2. The van der Waals surface area contributed by atoms with Crippen molar-refractivity contribution in [2.45, 2.75) is 26.2 Å². The molecular weight excluding hydrogens is 284 g/mol. The standard InChI is InChI=1S/C20H18N2O/c1-14-7-2-3-8-15(14)13-16-9-6-10-17-19(16)21-18-11-4-5-12-22(18)20(17)23/h2-5,7-8,11-13H,6,9-10H2,1H3/b16-13-. The molecule has 0 N–H and O–H groups in total. The van der Waals surface area contributed by atoms with E-state index in [1.54, 1.807) is 10.6 Å². The maximum atomic E-state index is 12.7. The van der Waals surface area contributed by atoms with Crippen LogP contribution in [0.1, 0.15) is 35.2 Å². The highest BCUT2D eigenvalue weighted by molar-refractivity contribution is 5.83. The predicted octanol–water partition coefficient (Wildman–Crippen LogP) is 3.88. The highest BCUT2D eigenvalue weighted by atomic mass is 16.1. The van der Waals surface area contributed by atoms with Gasteiger partial charge in [0, 0.05) is 11.8 Å². The van der Waals surface area contributed by atoms with Gasteiger partial charge >= 0.3 is 0 Å². The van der Waals surface area contributed by atoms with Gasteiger partial charge in [-0.3, -0.25) is 9.20 Å². The SMILES string of the molecule is Cc1ccccc1/C=C1/CCCc2c1nc1ccccn1c2=O. The van der Waals surface area contributed by atoms with Crippen LogP contribution in [0.4, 0.5) is 0 Å². The van der Waals surface area contributed by atoms with E-state index in [-0.39, 0.29) is 5.56 Å². The molecule has 114 valence electrons. The lowest BCUT2D eigenvalue weighted by Gasteiger charge is -2.18. The number of aryl methyl sites for hydroxylation is 1. The van der Waals surface area contributed by atoms with Crippen molar-refractivity contribution in [1.82, 2.24) is 9.38 Å². The first kappa shape index (κ1) is 13.9. The van der Waals surface area contributed by atoms with Crippen molar-refractivity contribution in [3.05, 3.63) is 81.4 Å². The molecule has 0 amide bonds. The van der Waals surface area contributed by atoms with E-state index in [2.05, 4.69) is 25.1 Å². The molecule has 0 unspecified atom stereocenters. The van der Waals surface area contributed by atoms with Gasteiger partial charge in [0.25, 0.3) is 5.56 Å². The van der Waals surface area contributed by atoms with Gasteiger partial charge in [-0.15, -0.1) is 0 Å². The molecule has 2 heterocycles. The van der Waals surface area contributed by atoms with Crippen LogP contribution in [-0.4, -0.2) is 9.38 Å². The molecule has 23 heavy (non-hydrogen) atoms. The van der Waals surface area contributed by atoms with Crippen LogP contribution in [0.25, 0.3) is 17.3 Å². The smallest absolute Gasteiger partial charge is 0.261 e. The zero-order valence-electron chi connectivity index (χ0n) is 13.1. The number of hydrogen-bond acceptors (Lipinski definition) is 2. The van der Waals surface area contributed by atoms with Gasteiger partial charge in [-0.05, 0) is 61.1 Å². The van der Waals surface area contributed by atoms with Crippen LogP contribution in [0, 0.1) is 6.92 Å². The molecule has 3 aromatic rings. The highest BCUT2D eigenvalue weighted by Gasteiger charge is 2.20. The normalized spacial score (nSPS) is 15.8. The van der Waals surface area contributed by atoms with Gasteiger partial charge in [0.15, 0.2) is 0 Å². The molecule has 0 saturated heterocycles. The topological polar surface area (TPSA) is 34.4 Å². The Hall–Kier alpha value is -2.68. The fraction of sp³-hybridized carbons (Fsp3) is 0.200. The van der Waals surface area contributed by atoms with Gasteiger partial charge < -0.3 is 0 Å². The summed E-state index contributed by atoms with van der Waals surface area (Å²) in [5.41, 5.74) is 6.13. The van der Waals surface area contributed by atoms with Gasteiger partial charge in [0.2, 0.25) is 0 Å². The summed E-state index contributed by atoms with van der Waals surface area (Å²) < 4.78 is 1.65. The second-order valence-corrected chi connectivity index (χ2v) is 6.05. The first-order valence-electron chi connectivity index (χ1n) is 8.01. The van der Waals surface area contributed by atoms with Gasteiger partial charge in [-0.25, -0.2) is 4.98 Å². The third-order valence-electron chi connectivity index (χ3n) is 4.52. The zero-order chi connectivity index (χ0) is 15.8. The second-order valence-electron chi connectivity index (χ2n) is 6.05. The first-order valence-corrected chi connectivity index (χ1v) is 8.01. The average Bonchev–Trinajstić information content (AvgIpc) is 2.58. The van der Waals surface area contributed by atoms with E-state index < -0.39 is 0 Å². The molecule has 0 aliphatic heterocycles. The van der Waals surface area contributed by atoms with Crippen LogP contribution >= 0.6 is 0 Å². The molecule has 2 aromatic heterocycles. The molecule has 0 fully saturated rings. The van der Waals surface area contributed by atoms with Crippen molar-refractivity contribution in [3.63, 3.8) is 0 Å². The van der Waals surface area contributed by atoms with E-state index in [4.69, 9.17) is 4.98 Å². The third kappa shape index (κ3) is 2.38. The minimum atomic E-state index is 0.0704. The molecule has 0 radical (unpaired) electrons. The molecule has 0 saturated carbocycles. The van der Waals surface area contributed by atoms with Crippen LogP contribution in [0.3, 0.4) is 0 Å². The second kappa shape index (κ2) is 5.51. The molecule has 1 aliphatic carbocycles. The molecule has 3 nitrogen and oxygen atoms in total. The Morgan fingerprint density at radius 3 is 2.78 bits per heavy atom. The Morgan fingerprint density at radius 1 is 1.09 bits per heavy atom. The van der Waals surface area contributed by atoms with Crippen molar-refractivity contribution >= 4 is 17.3 Å². The van der Waals surface area contributed by atoms with E-state index in [0.29, 0.717) is 5.65 Å². The van der Waals surface area contributed by atoms with E-state index in [0.717, 1.165) is 30.5 Å². The van der Waals surface area contributed by atoms with E-state index >= 15 is 0 Å². The van der Waals surface area contributed by atoms with Crippen LogP contribution in [0.2, 0.25) is 0 Å². The lowest BCUT2D eigenvalue weighted by Crippen LogP contribution is -2.24. The Kier molecular flexibility index (Phi) is 3.34. The maximum absolute atomic E-state index is 12.7. The fourth-order valence-electron chi connectivity index (χ4n) is 3.27. The maximum Gasteiger partial charge on any atom is 0.261 e. The predicted molar refractivity (Wildman–Crippen MR) is 93.5 cm³/mol. The van der Waals surface area contributed by atoms with E-state index in [9.17, 15) is 4.79 Å². The molecule has 3 heteroatoms. The zero-order valence-corrected chi connectivity index (χ0v) is 13.1. The molecular formula is C20H18N2O. The van der Waals surface area contributed by atoms with Crippen molar-refractivity contribution in [2.75, 3.05) is 0 Å². The van der Waals surface area contributed by atoms with E-state index in [1.807, 2.05) is 30.3 Å². The van der Waals surface area contributed by atoms with Crippen molar-refractivity contribution in [1.29, 1.82) is 0 Å². The number of benzene rings is 1. The number of aromatic nitrogens is 2. The van der Waals surface area contributed by atoms with Crippen LogP contribution in [0.15, 0.2) is 53.5 Å². The van der Waals surface area contributed by atoms with Crippen LogP contribution in [0.5, 0.6) is 0 Å². The lowest BCUT2D eigenvalue weighted by molar-refractivity contribution is 0.787. The molecule has 1 aliphatic rings. The summed E-state index contributed by atoms with van der Waals surface area (Å²) in [6.45, 7) is 2.11. The lowest BCUT2D eigenvalue weighted by atomic mass is 9.90. The summed E-state index contributed by atoms with van der Waals surface area (Å²) >= 11 is 0. The minimum Gasteiger partial charge on any atom is -0.269 e. The number of fused-ring (bicyclic) bond motifs is 2. The molecule has 0 atom stereocenters. The van der Waals surface area contributed by atoms with Crippen molar-refractivity contribution in [3.8, 4) is 0 Å².